The zero-order chi connectivity index (χ0) is 13.2. The lowest BCUT2D eigenvalue weighted by Gasteiger charge is -2.15. The highest BCUT2D eigenvalue weighted by Crippen LogP contribution is 2.30. The Morgan fingerprint density at radius 2 is 1.89 bits per heavy atom. The minimum Gasteiger partial charge on any atom is -0.376 e. The van der Waals surface area contributed by atoms with Crippen LogP contribution in [0.5, 0.6) is 0 Å². The molecule has 0 amide bonds. The van der Waals surface area contributed by atoms with Gasteiger partial charge < -0.3 is 5.32 Å². The molecule has 96 valence electrons. The van der Waals surface area contributed by atoms with Crippen molar-refractivity contribution in [2.45, 2.75) is 19.1 Å². The van der Waals surface area contributed by atoms with Gasteiger partial charge in [0.25, 0.3) is 0 Å². The summed E-state index contributed by atoms with van der Waals surface area (Å²) in [5.41, 5.74) is 0.938. The number of H-pyrrole nitrogens is 1. The Morgan fingerprint density at radius 3 is 2.39 bits per heavy atom. The number of anilines is 1. The monoisotopic (exact) mass is 255 g/mol. The Hall–Kier alpha value is -1.98. The third-order valence-electron chi connectivity index (χ3n) is 2.62. The van der Waals surface area contributed by atoms with Crippen molar-refractivity contribution in [2.75, 3.05) is 5.32 Å². The minimum absolute atomic E-state index is 0.0927. The van der Waals surface area contributed by atoms with Gasteiger partial charge in [-0.2, -0.15) is 18.3 Å². The Balaban J connectivity index is 2.10. The van der Waals surface area contributed by atoms with Crippen LogP contribution in [0.3, 0.4) is 0 Å². The first-order valence-electron chi connectivity index (χ1n) is 5.39. The number of aromatic amines is 1. The molecule has 1 unspecified atom stereocenters. The summed E-state index contributed by atoms with van der Waals surface area (Å²) in [5.74, 6) is 0. The number of nitrogens with zero attached hydrogens (tertiary/aromatic N) is 1. The maximum atomic E-state index is 12.4. The van der Waals surface area contributed by atoms with E-state index in [1.54, 1.807) is 12.4 Å². The van der Waals surface area contributed by atoms with Crippen LogP contribution in [0.4, 0.5) is 18.9 Å². The molecule has 18 heavy (non-hydrogen) atoms. The predicted molar refractivity (Wildman–Crippen MR) is 62.1 cm³/mol. The Kier molecular flexibility index (Phi) is 3.27. The van der Waals surface area contributed by atoms with Gasteiger partial charge in [-0.3, -0.25) is 5.10 Å². The molecule has 0 radical (unpaired) electrons. The largest absolute Gasteiger partial charge is 0.416 e. The number of nitrogens with one attached hydrogen (secondary N) is 2. The molecule has 0 aliphatic rings. The zero-order valence-corrected chi connectivity index (χ0v) is 9.62. The van der Waals surface area contributed by atoms with Crippen molar-refractivity contribution in [3.63, 3.8) is 0 Å². The van der Waals surface area contributed by atoms with E-state index in [1.807, 2.05) is 6.92 Å². The standard InChI is InChI=1S/C12H12F3N3/c1-8(18-11-6-16-17-7-11)9-2-4-10(5-3-9)12(13,14)15/h2-8,18H,1H3,(H,16,17). The fraction of sp³-hybridized carbons (Fsp3) is 0.250. The topological polar surface area (TPSA) is 40.7 Å². The van der Waals surface area contributed by atoms with Crippen molar-refractivity contribution in [1.82, 2.24) is 10.2 Å². The predicted octanol–water partition coefficient (Wildman–Crippen LogP) is 3.60. The summed E-state index contributed by atoms with van der Waals surface area (Å²) in [7, 11) is 0. The molecular weight excluding hydrogens is 243 g/mol. The van der Waals surface area contributed by atoms with Crippen molar-refractivity contribution in [3.05, 3.63) is 47.8 Å². The van der Waals surface area contributed by atoms with E-state index in [0.29, 0.717) is 0 Å². The van der Waals surface area contributed by atoms with Crippen LogP contribution in [0.2, 0.25) is 0 Å². The first kappa shape index (κ1) is 12.5. The summed E-state index contributed by atoms with van der Waals surface area (Å²) in [6.07, 6.45) is -0.999. The molecule has 2 N–H and O–H groups in total. The van der Waals surface area contributed by atoms with E-state index in [-0.39, 0.29) is 6.04 Å². The molecule has 0 spiro atoms. The second-order valence-electron chi connectivity index (χ2n) is 3.97. The summed E-state index contributed by atoms with van der Waals surface area (Å²) >= 11 is 0. The quantitative estimate of drug-likeness (QED) is 0.879. The zero-order valence-electron chi connectivity index (χ0n) is 9.62. The van der Waals surface area contributed by atoms with Crippen LogP contribution in [-0.2, 0) is 6.18 Å². The smallest absolute Gasteiger partial charge is 0.376 e. The van der Waals surface area contributed by atoms with Gasteiger partial charge in [0.05, 0.1) is 17.4 Å². The number of alkyl halides is 3. The van der Waals surface area contributed by atoms with Crippen molar-refractivity contribution in [2.24, 2.45) is 0 Å². The van der Waals surface area contributed by atoms with Gasteiger partial charge >= 0.3 is 6.18 Å². The molecule has 0 saturated heterocycles. The molecule has 1 atom stereocenters. The SMILES string of the molecule is CC(Nc1cn[nH]c1)c1ccc(C(F)(F)F)cc1. The van der Waals surface area contributed by atoms with Gasteiger partial charge in [0, 0.05) is 12.2 Å². The summed E-state index contributed by atoms with van der Waals surface area (Å²) in [6.45, 7) is 1.87. The number of benzene rings is 1. The van der Waals surface area contributed by atoms with Crippen LogP contribution in [0.1, 0.15) is 24.1 Å². The van der Waals surface area contributed by atoms with E-state index in [0.717, 1.165) is 23.4 Å². The van der Waals surface area contributed by atoms with E-state index in [1.165, 1.54) is 12.1 Å². The van der Waals surface area contributed by atoms with E-state index in [4.69, 9.17) is 0 Å². The van der Waals surface area contributed by atoms with E-state index in [9.17, 15) is 13.2 Å². The van der Waals surface area contributed by atoms with Crippen molar-refractivity contribution < 1.29 is 13.2 Å². The molecule has 6 heteroatoms. The maximum absolute atomic E-state index is 12.4. The van der Waals surface area contributed by atoms with Gasteiger partial charge in [0.15, 0.2) is 0 Å². The van der Waals surface area contributed by atoms with Gasteiger partial charge in [0.2, 0.25) is 0 Å². The van der Waals surface area contributed by atoms with E-state index < -0.39 is 11.7 Å². The maximum Gasteiger partial charge on any atom is 0.416 e. The highest BCUT2D eigenvalue weighted by Gasteiger charge is 2.30. The van der Waals surface area contributed by atoms with Gasteiger partial charge in [-0.15, -0.1) is 0 Å². The molecule has 2 aromatic rings. The summed E-state index contributed by atoms with van der Waals surface area (Å²) in [5, 5.41) is 9.55. The number of halogens is 3. The molecule has 1 aromatic carbocycles. The second kappa shape index (κ2) is 4.72. The molecule has 0 aliphatic heterocycles. The number of rotatable bonds is 3. The highest BCUT2D eigenvalue weighted by atomic mass is 19.4. The normalized spacial score (nSPS) is 13.3. The lowest BCUT2D eigenvalue weighted by Crippen LogP contribution is -2.08. The molecule has 1 heterocycles. The number of hydrogen-bond acceptors (Lipinski definition) is 2. The van der Waals surface area contributed by atoms with Crippen LogP contribution in [0.15, 0.2) is 36.7 Å². The van der Waals surface area contributed by atoms with Crippen molar-refractivity contribution in [1.29, 1.82) is 0 Å². The average molecular weight is 255 g/mol. The molecule has 3 nitrogen and oxygen atoms in total. The lowest BCUT2D eigenvalue weighted by atomic mass is 10.1. The van der Waals surface area contributed by atoms with Gasteiger partial charge in [-0.05, 0) is 24.6 Å². The minimum atomic E-state index is -4.29. The fourth-order valence-electron chi connectivity index (χ4n) is 1.62. The molecule has 1 aromatic heterocycles. The second-order valence-corrected chi connectivity index (χ2v) is 3.97. The molecule has 2 rings (SSSR count). The molecule has 0 bridgehead atoms. The fourth-order valence-corrected chi connectivity index (χ4v) is 1.62. The van der Waals surface area contributed by atoms with Gasteiger partial charge in [-0.1, -0.05) is 12.1 Å². The summed E-state index contributed by atoms with van der Waals surface area (Å²) in [6, 6.07) is 5.03. The van der Waals surface area contributed by atoms with E-state index >= 15 is 0 Å². The molecule has 0 fully saturated rings. The van der Waals surface area contributed by atoms with Gasteiger partial charge in [-0.25, -0.2) is 0 Å². The number of aromatic nitrogens is 2. The van der Waals surface area contributed by atoms with Crippen LogP contribution in [0, 0.1) is 0 Å². The Bertz CT molecular complexity index is 488. The van der Waals surface area contributed by atoms with Crippen LogP contribution < -0.4 is 5.32 Å². The molecule has 0 saturated carbocycles. The van der Waals surface area contributed by atoms with Crippen LogP contribution in [0.25, 0.3) is 0 Å². The Labute approximate surface area is 102 Å². The van der Waals surface area contributed by atoms with Crippen LogP contribution >= 0.6 is 0 Å². The van der Waals surface area contributed by atoms with E-state index in [2.05, 4.69) is 15.5 Å². The first-order chi connectivity index (χ1) is 8.47. The summed E-state index contributed by atoms with van der Waals surface area (Å²) in [4.78, 5) is 0. The molecule has 0 aliphatic carbocycles. The van der Waals surface area contributed by atoms with Crippen LogP contribution in [-0.4, -0.2) is 10.2 Å². The lowest BCUT2D eigenvalue weighted by molar-refractivity contribution is -0.137. The Morgan fingerprint density at radius 1 is 1.22 bits per heavy atom. The first-order valence-corrected chi connectivity index (χ1v) is 5.39. The third kappa shape index (κ3) is 2.82. The molecular formula is C12H12F3N3. The van der Waals surface area contributed by atoms with Gasteiger partial charge in [0.1, 0.15) is 0 Å². The number of hydrogen-bond donors (Lipinski definition) is 2. The van der Waals surface area contributed by atoms with Crippen molar-refractivity contribution >= 4 is 5.69 Å². The highest BCUT2D eigenvalue weighted by molar-refractivity contribution is 5.41. The summed E-state index contributed by atoms with van der Waals surface area (Å²) < 4.78 is 37.2. The van der Waals surface area contributed by atoms with Crippen molar-refractivity contribution in [3.8, 4) is 0 Å². The average Bonchev–Trinajstić information content (AvgIpc) is 2.81. The third-order valence-corrected chi connectivity index (χ3v) is 2.62.